The van der Waals surface area contributed by atoms with Crippen LogP contribution in [0.25, 0.3) is 0 Å². The molecule has 0 aliphatic rings. The van der Waals surface area contributed by atoms with E-state index in [9.17, 15) is 22.0 Å². The van der Waals surface area contributed by atoms with Crippen LogP contribution in [0.3, 0.4) is 0 Å². The van der Waals surface area contributed by atoms with Gasteiger partial charge >= 0.3 is 0 Å². The van der Waals surface area contributed by atoms with Gasteiger partial charge in [0.05, 0.1) is 5.69 Å². The quantitative estimate of drug-likeness (QED) is 0.656. The van der Waals surface area contributed by atoms with Crippen LogP contribution in [0, 0.1) is 0 Å². The highest BCUT2D eigenvalue weighted by Gasteiger charge is 2.21. The number of nitrogens with two attached hydrogens (primary N) is 1. The van der Waals surface area contributed by atoms with Gasteiger partial charge in [-0.2, -0.15) is 0 Å². The molecule has 84 valence electrons. The highest BCUT2D eigenvalue weighted by molar-refractivity contribution is 7.89. The second kappa shape index (κ2) is 3.59. The standard InChI is InChI=1S/C6H6F2N2O4S/c7-5(8)2-1-3(15(9,13)14)4(11)6(12)10-2/h1,5,11H,(H,10,12)(H2,9,13,14). The van der Waals surface area contributed by atoms with Gasteiger partial charge in [-0.3, -0.25) is 4.79 Å². The Morgan fingerprint density at radius 1 is 1.47 bits per heavy atom. The van der Waals surface area contributed by atoms with Gasteiger partial charge in [0.15, 0.2) is 0 Å². The molecule has 0 saturated heterocycles. The minimum Gasteiger partial charge on any atom is -0.502 e. The molecule has 1 heterocycles. The summed E-state index contributed by atoms with van der Waals surface area (Å²) in [6.07, 6.45) is -3.07. The van der Waals surface area contributed by atoms with Crippen LogP contribution in [-0.4, -0.2) is 18.5 Å². The Kier molecular flexibility index (Phi) is 2.77. The molecule has 0 aromatic carbocycles. The lowest BCUT2D eigenvalue weighted by Crippen LogP contribution is -2.18. The first-order chi connectivity index (χ1) is 6.73. The van der Waals surface area contributed by atoms with Gasteiger partial charge in [0.2, 0.25) is 15.8 Å². The number of aromatic nitrogens is 1. The van der Waals surface area contributed by atoms with Crippen LogP contribution in [0.5, 0.6) is 5.75 Å². The zero-order chi connectivity index (χ0) is 11.8. The number of aromatic hydroxyl groups is 1. The van der Waals surface area contributed by atoms with Gasteiger partial charge in [0.25, 0.3) is 12.0 Å². The third kappa shape index (κ3) is 2.30. The lowest BCUT2D eigenvalue weighted by molar-refractivity contribution is 0.145. The average molecular weight is 240 g/mol. The average Bonchev–Trinajstić information content (AvgIpc) is 2.06. The van der Waals surface area contributed by atoms with E-state index >= 15 is 0 Å². The van der Waals surface area contributed by atoms with Gasteiger partial charge in [-0.05, 0) is 6.07 Å². The van der Waals surface area contributed by atoms with Crippen molar-refractivity contribution < 1.29 is 22.3 Å². The molecule has 0 spiro atoms. The van der Waals surface area contributed by atoms with E-state index in [0.29, 0.717) is 6.07 Å². The van der Waals surface area contributed by atoms with Gasteiger partial charge in [0, 0.05) is 0 Å². The Balaban J connectivity index is 3.60. The monoisotopic (exact) mass is 240 g/mol. The molecule has 0 amide bonds. The number of aromatic amines is 1. The molecular weight excluding hydrogens is 234 g/mol. The van der Waals surface area contributed by atoms with Crippen LogP contribution < -0.4 is 10.7 Å². The first-order valence-electron chi connectivity index (χ1n) is 3.50. The molecule has 6 nitrogen and oxygen atoms in total. The molecule has 0 saturated carbocycles. The lowest BCUT2D eigenvalue weighted by atomic mass is 10.3. The van der Waals surface area contributed by atoms with Gasteiger partial charge in [-0.15, -0.1) is 0 Å². The molecule has 9 heteroatoms. The summed E-state index contributed by atoms with van der Waals surface area (Å²) in [7, 11) is -4.42. The maximum absolute atomic E-state index is 12.2. The summed E-state index contributed by atoms with van der Waals surface area (Å²) in [5.74, 6) is -1.21. The van der Waals surface area contributed by atoms with Crippen LogP contribution in [0.1, 0.15) is 12.1 Å². The van der Waals surface area contributed by atoms with E-state index in [2.05, 4.69) is 5.14 Å². The van der Waals surface area contributed by atoms with E-state index in [4.69, 9.17) is 5.11 Å². The van der Waals surface area contributed by atoms with Gasteiger partial charge in [-0.25, -0.2) is 22.3 Å². The largest absolute Gasteiger partial charge is 0.502 e. The van der Waals surface area contributed by atoms with Crippen molar-refractivity contribution in [3.8, 4) is 5.75 Å². The number of alkyl halides is 2. The summed E-state index contributed by atoms with van der Waals surface area (Å²) in [4.78, 5) is 11.4. The van der Waals surface area contributed by atoms with E-state index in [1.807, 2.05) is 0 Å². The minimum absolute atomic E-state index is 0.413. The van der Waals surface area contributed by atoms with Crippen LogP contribution in [0.2, 0.25) is 0 Å². The van der Waals surface area contributed by atoms with Gasteiger partial charge in [0.1, 0.15) is 4.90 Å². The zero-order valence-corrected chi connectivity index (χ0v) is 7.88. The molecule has 0 aliphatic carbocycles. The fourth-order valence-electron chi connectivity index (χ4n) is 0.882. The fraction of sp³-hybridized carbons (Fsp3) is 0.167. The van der Waals surface area contributed by atoms with E-state index in [1.165, 1.54) is 0 Å². The van der Waals surface area contributed by atoms with Crippen molar-refractivity contribution in [1.29, 1.82) is 0 Å². The second-order valence-electron chi connectivity index (χ2n) is 2.61. The van der Waals surface area contributed by atoms with Gasteiger partial charge in [-0.1, -0.05) is 0 Å². The number of nitrogens with one attached hydrogen (secondary N) is 1. The predicted molar refractivity (Wildman–Crippen MR) is 45.1 cm³/mol. The Morgan fingerprint density at radius 3 is 2.40 bits per heavy atom. The van der Waals surface area contributed by atoms with Gasteiger partial charge < -0.3 is 10.1 Å². The summed E-state index contributed by atoms with van der Waals surface area (Å²) in [5, 5.41) is 13.6. The third-order valence-electron chi connectivity index (χ3n) is 1.53. The Labute approximate surface area is 82.4 Å². The summed E-state index contributed by atoms with van der Waals surface area (Å²) in [5.41, 5.74) is -2.27. The molecule has 0 aliphatic heterocycles. The first kappa shape index (κ1) is 11.6. The molecular formula is C6H6F2N2O4S. The minimum atomic E-state index is -4.42. The van der Waals surface area contributed by atoms with Crippen LogP contribution in [0.4, 0.5) is 8.78 Å². The molecule has 1 rings (SSSR count). The molecule has 0 atom stereocenters. The molecule has 1 aromatic heterocycles. The van der Waals surface area contributed by atoms with Crippen molar-refractivity contribution in [1.82, 2.24) is 4.98 Å². The molecule has 0 unspecified atom stereocenters. The molecule has 15 heavy (non-hydrogen) atoms. The lowest BCUT2D eigenvalue weighted by Gasteiger charge is -2.04. The number of hydrogen-bond donors (Lipinski definition) is 3. The SMILES string of the molecule is NS(=O)(=O)c1cc(C(F)F)[nH]c(=O)c1O. The van der Waals surface area contributed by atoms with Crippen molar-refractivity contribution in [3.05, 3.63) is 22.1 Å². The summed E-state index contributed by atoms with van der Waals surface area (Å²) >= 11 is 0. The van der Waals surface area contributed by atoms with Crippen LogP contribution >= 0.6 is 0 Å². The van der Waals surface area contributed by atoms with E-state index < -0.39 is 38.3 Å². The van der Waals surface area contributed by atoms with Crippen molar-refractivity contribution >= 4 is 10.0 Å². The smallest absolute Gasteiger partial charge is 0.291 e. The van der Waals surface area contributed by atoms with Crippen molar-refractivity contribution in [2.75, 3.05) is 0 Å². The summed E-state index contributed by atoms with van der Waals surface area (Å²) in [6, 6.07) is 0.413. The van der Waals surface area contributed by atoms with E-state index in [-0.39, 0.29) is 0 Å². The van der Waals surface area contributed by atoms with E-state index in [0.717, 1.165) is 0 Å². The fourth-order valence-corrected chi connectivity index (χ4v) is 1.54. The van der Waals surface area contributed by atoms with E-state index in [1.54, 1.807) is 4.98 Å². The number of H-pyrrole nitrogens is 1. The normalized spacial score (nSPS) is 12.0. The molecule has 0 bridgehead atoms. The predicted octanol–water partition coefficient (Wildman–Crippen LogP) is -0.334. The molecule has 0 radical (unpaired) electrons. The maximum Gasteiger partial charge on any atom is 0.291 e. The second-order valence-corrected chi connectivity index (χ2v) is 4.14. The van der Waals surface area contributed by atoms with Crippen LogP contribution in [0.15, 0.2) is 15.8 Å². The van der Waals surface area contributed by atoms with Crippen molar-refractivity contribution in [2.24, 2.45) is 5.14 Å². The number of primary sulfonamides is 1. The highest BCUT2D eigenvalue weighted by Crippen LogP contribution is 2.22. The summed E-state index contributed by atoms with van der Waals surface area (Å²) in [6.45, 7) is 0. The number of halogens is 2. The Morgan fingerprint density at radius 2 is 2.00 bits per heavy atom. The third-order valence-corrected chi connectivity index (χ3v) is 2.46. The highest BCUT2D eigenvalue weighted by atomic mass is 32.2. The first-order valence-corrected chi connectivity index (χ1v) is 5.05. The number of rotatable bonds is 2. The molecule has 4 N–H and O–H groups in total. The Hall–Kier alpha value is -1.48. The molecule has 0 fully saturated rings. The maximum atomic E-state index is 12.2. The van der Waals surface area contributed by atoms with Crippen molar-refractivity contribution in [2.45, 2.75) is 11.3 Å². The zero-order valence-electron chi connectivity index (χ0n) is 7.07. The number of sulfonamides is 1. The Bertz CT molecular complexity index is 537. The summed E-state index contributed by atoms with van der Waals surface area (Å²) < 4.78 is 45.9. The number of hydrogen-bond acceptors (Lipinski definition) is 4. The van der Waals surface area contributed by atoms with Crippen molar-refractivity contribution in [3.63, 3.8) is 0 Å². The number of pyridine rings is 1. The molecule has 1 aromatic rings. The van der Waals surface area contributed by atoms with Crippen LogP contribution in [-0.2, 0) is 10.0 Å². The topological polar surface area (TPSA) is 113 Å².